The maximum absolute atomic E-state index is 5.73. The van der Waals surface area contributed by atoms with Crippen molar-refractivity contribution >= 4 is 0 Å². The Bertz CT molecular complexity index is 586. The molecule has 0 aliphatic heterocycles. The Morgan fingerprint density at radius 3 is 2.57 bits per heavy atom. The number of aromatic nitrogens is 3. The Balaban J connectivity index is 2.05. The second kappa shape index (κ2) is 7.13. The summed E-state index contributed by atoms with van der Waals surface area (Å²) in [6, 6.07) is 4.06. The first kappa shape index (κ1) is 15.4. The summed E-state index contributed by atoms with van der Waals surface area (Å²) in [6.45, 7) is 8.72. The lowest BCUT2D eigenvalue weighted by molar-refractivity contribution is 0.229. The van der Waals surface area contributed by atoms with Crippen molar-refractivity contribution in [3.63, 3.8) is 0 Å². The predicted molar refractivity (Wildman–Crippen MR) is 82.0 cm³/mol. The molecule has 1 N–H and O–H groups in total. The summed E-state index contributed by atoms with van der Waals surface area (Å²) in [5, 5.41) is 3.45. The molecule has 0 aromatic carbocycles. The standard InChI is InChI=1S/C16H22N4O/c1-11(2)21-16-14(6-5-7-19-16)10-20-13(4)15-12(3)17-8-9-18-15/h5-9,11,13,20H,10H2,1-4H3. The maximum Gasteiger partial charge on any atom is 0.218 e. The molecule has 1 unspecified atom stereocenters. The van der Waals surface area contributed by atoms with Gasteiger partial charge in [0.1, 0.15) is 0 Å². The molecule has 0 aliphatic rings. The van der Waals surface area contributed by atoms with Crippen LogP contribution < -0.4 is 10.1 Å². The highest BCUT2D eigenvalue weighted by Crippen LogP contribution is 2.18. The summed E-state index contributed by atoms with van der Waals surface area (Å²) in [4.78, 5) is 13.0. The molecule has 112 valence electrons. The van der Waals surface area contributed by atoms with Gasteiger partial charge in [-0.3, -0.25) is 9.97 Å². The van der Waals surface area contributed by atoms with Crippen molar-refractivity contribution in [3.05, 3.63) is 47.7 Å². The Labute approximate surface area is 125 Å². The molecule has 2 rings (SSSR count). The second-order valence-corrected chi connectivity index (χ2v) is 5.26. The third-order valence-electron chi connectivity index (χ3n) is 3.13. The largest absolute Gasteiger partial charge is 0.475 e. The van der Waals surface area contributed by atoms with Gasteiger partial charge in [-0.1, -0.05) is 6.07 Å². The number of pyridine rings is 1. The van der Waals surface area contributed by atoms with Gasteiger partial charge in [-0.15, -0.1) is 0 Å². The normalized spacial score (nSPS) is 12.4. The van der Waals surface area contributed by atoms with Crippen molar-refractivity contribution in [2.24, 2.45) is 0 Å². The van der Waals surface area contributed by atoms with E-state index in [1.165, 1.54) is 0 Å². The Kier molecular flexibility index (Phi) is 5.22. The first-order chi connectivity index (χ1) is 10.1. The van der Waals surface area contributed by atoms with Crippen LogP contribution in [0.2, 0.25) is 0 Å². The van der Waals surface area contributed by atoms with Crippen molar-refractivity contribution in [2.45, 2.75) is 46.4 Å². The zero-order valence-electron chi connectivity index (χ0n) is 13.0. The van der Waals surface area contributed by atoms with Crippen molar-refractivity contribution in [3.8, 4) is 5.88 Å². The van der Waals surface area contributed by atoms with Crippen molar-refractivity contribution < 1.29 is 4.74 Å². The van der Waals surface area contributed by atoms with E-state index in [1.807, 2.05) is 32.9 Å². The molecule has 5 nitrogen and oxygen atoms in total. The maximum atomic E-state index is 5.73. The molecule has 0 amide bonds. The first-order valence-electron chi connectivity index (χ1n) is 7.19. The molecule has 0 radical (unpaired) electrons. The summed E-state index contributed by atoms with van der Waals surface area (Å²) in [5.41, 5.74) is 2.95. The van der Waals surface area contributed by atoms with E-state index in [1.54, 1.807) is 18.6 Å². The van der Waals surface area contributed by atoms with Crippen LogP contribution in [0.4, 0.5) is 0 Å². The molecule has 0 spiro atoms. The highest BCUT2D eigenvalue weighted by Gasteiger charge is 2.12. The molecule has 0 bridgehead atoms. The van der Waals surface area contributed by atoms with Gasteiger partial charge in [-0.2, -0.15) is 0 Å². The highest BCUT2D eigenvalue weighted by atomic mass is 16.5. The smallest absolute Gasteiger partial charge is 0.218 e. The van der Waals surface area contributed by atoms with E-state index in [4.69, 9.17) is 4.74 Å². The van der Waals surface area contributed by atoms with Crippen LogP contribution in [0.15, 0.2) is 30.7 Å². The minimum absolute atomic E-state index is 0.110. The fourth-order valence-electron chi connectivity index (χ4n) is 2.09. The number of hydrogen-bond acceptors (Lipinski definition) is 5. The number of ether oxygens (including phenoxy) is 1. The Morgan fingerprint density at radius 1 is 1.10 bits per heavy atom. The van der Waals surface area contributed by atoms with Crippen LogP contribution in [-0.2, 0) is 6.54 Å². The zero-order valence-corrected chi connectivity index (χ0v) is 13.0. The molecule has 0 saturated heterocycles. The van der Waals surface area contributed by atoms with Crippen LogP contribution in [0.25, 0.3) is 0 Å². The van der Waals surface area contributed by atoms with Gasteiger partial charge in [0.25, 0.3) is 0 Å². The molecule has 2 aromatic rings. The number of hydrogen-bond donors (Lipinski definition) is 1. The van der Waals surface area contributed by atoms with Crippen LogP contribution in [0, 0.1) is 6.92 Å². The lowest BCUT2D eigenvalue weighted by atomic mass is 10.1. The molecule has 2 heterocycles. The highest BCUT2D eigenvalue weighted by molar-refractivity contribution is 5.26. The fraction of sp³-hybridized carbons (Fsp3) is 0.438. The lowest BCUT2D eigenvalue weighted by Crippen LogP contribution is -2.21. The second-order valence-electron chi connectivity index (χ2n) is 5.26. The van der Waals surface area contributed by atoms with E-state index in [0.717, 1.165) is 17.0 Å². The van der Waals surface area contributed by atoms with Crippen molar-refractivity contribution in [1.82, 2.24) is 20.3 Å². The molecule has 0 fully saturated rings. The van der Waals surface area contributed by atoms with Gasteiger partial charge in [0.2, 0.25) is 5.88 Å². The fourth-order valence-corrected chi connectivity index (χ4v) is 2.09. The van der Waals surface area contributed by atoms with E-state index >= 15 is 0 Å². The predicted octanol–water partition coefficient (Wildman–Crippen LogP) is 2.82. The van der Waals surface area contributed by atoms with Gasteiger partial charge >= 0.3 is 0 Å². The number of nitrogens with zero attached hydrogens (tertiary/aromatic N) is 3. The zero-order chi connectivity index (χ0) is 15.2. The van der Waals surface area contributed by atoms with E-state index in [2.05, 4.69) is 27.2 Å². The van der Waals surface area contributed by atoms with Crippen LogP contribution in [0.3, 0.4) is 0 Å². The van der Waals surface area contributed by atoms with Crippen LogP contribution in [0.1, 0.15) is 43.8 Å². The number of nitrogens with one attached hydrogen (secondary N) is 1. The number of aryl methyl sites for hydroxylation is 1. The topological polar surface area (TPSA) is 59.9 Å². The SMILES string of the molecule is Cc1nccnc1C(C)NCc1cccnc1OC(C)C. The van der Waals surface area contributed by atoms with Gasteiger partial charge < -0.3 is 10.1 Å². The van der Waals surface area contributed by atoms with E-state index in [0.29, 0.717) is 12.4 Å². The molecule has 1 atom stereocenters. The van der Waals surface area contributed by atoms with Gasteiger partial charge in [0, 0.05) is 36.7 Å². The molecule has 0 aliphatic carbocycles. The number of rotatable bonds is 6. The van der Waals surface area contributed by atoms with Crippen LogP contribution in [0.5, 0.6) is 5.88 Å². The van der Waals surface area contributed by atoms with Gasteiger partial charge in [-0.25, -0.2) is 4.98 Å². The monoisotopic (exact) mass is 286 g/mol. The molecule has 2 aromatic heterocycles. The summed E-state index contributed by atoms with van der Waals surface area (Å²) >= 11 is 0. The average molecular weight is 286 g/mol. The van der Waals surface area contributed by atoms with Crippen molar-refractivity contribution in [2.75, 3.05) is 0 Å². The van der Waals surface area contributed by atoms with Crippen LogP contribution >= 0.6 is 0 Å². The summed E-state index contributed by atoms with van der Waals surface area (Å²) < 4.78 is 5.73. The van der Waals surface area contributed by atoms with Gasteiger partial charge in [0.15, 0.2) is 0 Å². The Hall–Kier alpha value is -2.01. The minimum Gasteiger partial charge on any atom is -0.475 e. The summed E-state index contributed by atoms with van der Waals surface area (Å²) in [5.74, 6) is 0.683. The molecule has 0 saturated carbocycles. The molecular formula is C16H22N4O. The Morgan fingerprint density at radius 2 is 1.86 bits per heavy atom. The molecular weight excluding hydrogens is 264 g/mol. The quantitative estimate of drug-likeness (QED) is 0.885. The minimum atomic E-state index is 0.110. The summed E-state index contributed by atoms with van der Waals surface area (Å²) in [7, 11) is 0. The molecule has 5 heteroatoms. The molecule has 21 heavy (non-hydrogen) atoms. The van der Waals surface area contributed by atoms with E-state index in [-0.39, 0.29) is 12.1 Å². The summed E-state index contributed by atoms with van der Waals surface area (Å²) in [6.07, 6.45) is 5.29. The average Bonchev–Trinajstić information content (AvgIpc) is 2.46. The van der Waals surface area contributed by atoms with Gasteiger partial charge in [0.05, 0.1) is 17.5 Å². The lowest BCUT2D eigenvalue weighted by Gasteiger charge is -2.17. The third-order valence-corrected chi connectivity index (χ3v) is 3.13. The van der Waals surface area contributed by atoms with Crippen molar-refractivity contribution in [1.29, 1.82) is 0 Å². The first-order valence-corrected chi connectivity index (χ1v) is 7.19. The van der Waals surface area contributed by atoms with E-state index < -0.39 is 0 Å². The van der Waals surface area contributed by atoms with E-state index in [9.17, 15) is 0 Å². The van der Waals surface area contributed by atoms with Gasteiger partial charge in [-0.05, 0) is 33.8 Å². The third kappa shape index (κ3) is 4.23. The van der Waals surface area contributed by atoms with Crippen LogP contribution in [-0.4, -0.2) is 21.1 Å².